The van der Waals surface area contributed by atoms with Crippen LogP contribution in [0.4, 0.5) is 0 Å². The van der Waals surface area contributed by atoms with E-state index in [1.165, 1.54) is 16.7 Å². The third-order valence-electron chi connectivity index (χ3n) is 7.05. The van der Waals surface area contributed by atoms with E-state index in [1.54, 1.807) is 6.92 Å². The second-order valence-electron chi connectivity index (χ2n) is 13.4. The Morgan fingerprint density at radius 2 is 0.953 bits per heavy atom. The quantitative estimate of drug-likeness (QED) is 0.0914. The number of hydrogen-bond acceptors (Lipinski definition) is 4. The van der Waals surface area contributed by atoms with Gasteiger partial charge in [-0.15, -0.1) is 0 Å². The molecule has 0 saturated heterocycles. The van der Waals surface area contributed by atoms with Gasteiger partial charge in [-0.25, -0.2) is 0 Å². The van der Waals surface area contributed by atoms with Gasteiger partial charge >= 0.3 is 8.80 Å². The van der Waals surface area contributed by atoms with Crippen LogP contribution in [0.1, 0.15) is 30.0 Å². The Kier molecular flexibility index (Phi) is 12.7. The maximum absolute atomic E-state index is 12.3. The van der Waals surface area contributed by atoms with E-state index < -0.39 is 33.8 Å². The second-order valence-corrected chi connectivity index (χ2v) is 29.3. The third kappa shape index (κ3) is 12.6. The molecule has 1 amide bonds. The topological polar surface area (TPSA) is 56.8 Å². The van der Waals surface area contributed by atoms with Gasteiger partial charge in [0, 0.05) is 18.2 Å². The fourth-order valence-corrected chi connectivity index (χ4v) is 23.6. The van der Waals surface area contributed by atoms with E-state index >= 15 is 0 Å². The zero-order valence-electron chi connectivity index (χ0n) is 27.2. The monoisotopic (exact) mass is 649 g/mol. The van der Waals surface area contributed by atoms with Gasteiger partial charge in [0.15, 0.2) is 25.0 Å². The lowest BCUT2D eigenvalue weighted by molar-refractivity contribution is -0.117. The average molecular weight is 650 g/mol. The van der Waals surface area contributed by atoms with E-state index in [0.717, 1.165) is 18.1 Å². The number of rotatable bonds is 17. The molecule has 0 aliphatic rings. The average Bonchev–Trinajstić information content (AvgIpc) is 2.91. The zero-order valence-corrected chi connectivity index (χ0v) is 31.2. The van der Waals surface area contributed by atoms with E-state index in [-0.39, 0.29) is 5.91 Å². The molecule has 3 aromatic rings. The van der Waals surface area contributed by atoms with E-state index in [2.05, 4.69) is 142 Å². The molecular weight excluding hydrogens is 599 g/mol. The summed E-state index contributed by atoms with van der Waals surface area (Å²) in [6.45, 7) is 19.8. The van der Waals surface area contributed by atoms with Crippen LogP contribution in [0.2, 0.25) is 45.3 Å². The second kappa shape index (κ2) is 15.6. The molecule has 5 nitrogen and oxygen atoms in total. The van der Waals surface area contributed by atoms with Crippen LogP contribution in [0, 0.1) is 0 Å². The van der Waals surface area contributed by atoms with Crippen LogP contribution in [0.3, 0.4) is 0 Å². The van der Waals surface area contributed by atoms with Crippen molar-refractivity contribution in [2.24, 2.45) is 0 Å². The Morgan fingerprint density at radius 3 is 1.26 bits per heavy atom. The lowest BCUT2D eigenvalue weighted by Crippen LogP contribution is -2.63. The molecule has 0 aliphatic heterocycles. The normalized spacial score (nSPS) is 12.6. The molecule has 0 bridgehead atoms. The third-order valence-corrected chi connectivity index (χ3v) is 22.2. The molecule has 0 spiro atoms. The fraction of sp³-hybridized carbons (Fsp3) is 0.382. The molecule has 0 aliphatic carbocycles. The van der Waals surface area contributed by atoms with E-state index in [0.29, 0.717) is 24.6 Å². The molecule has 43 heavy (non-hydrogen) atoms. The zero-order chi connectivity index (χ0) is 31.6. The number of benzene rings is 3. The van der Waals surface area contributed by atoms with Crippen LogP contribution in [0.25, 0.3) is 0 Å². The Morgan fingerprint density at radius 1 is 0.628 bits per heavy atom. The van der Waals surface area contributed by atoms with Crippen molar-refractivity contribution in [3.8, 4) is 0 Å². The Labute approximate surface area is 264 Å². The summed E-state index contributed by atoms with van der Waals surface area (Å²) in [6.07, 6.45) is 0.715. The van der Waals surface area contributed by atoms with Crippen LogP contribution in [0.5, 0.6) is 0 Å². The van der Waals surface area contributed by atoms with E-state index in [4.69, 9.17) is 12.3 Å². The summed E-state index contributed by atoms with van der Waals surface area (Å²) in [5, 5.41) is 3.01. The van der Waals surface area contributed by atoms with Gasteiger partial charge in [0.2, 0.25) is 5.91 Å². The molecule has 0 unspecified atom stereocenters. The SMILES string of the molecule is C=C(C)C(=O)NCCC[Si](O[Si](C)(C)Cc1ccccc1)(O[Si](C)(C)Cc1ccccc1)O[Si](C)(C)Cc1ccccc1. The summed E-state index contributed by atoms with van der Waals surface area (Å²) in [6, 6.07) is 35.1. The highest BCUT2D eigenvalue weighted by Crippen LogP contribution is 2.33. The van der Waals surface area contributed by atoms with Gasteiger partial charge in [-0.05, 0) is 87.4 Å². The Bertz CT molecular complexity index is 1170. The van der Waals surface area contributed by atoms with Crippen molar-refractivity contribution in [1.29, 1.82) is 0 Å². The number of nitrogens with one attached hydrogen (secondary N) is 1. The molecular formula is C34H51NO4Si4. The van der Waals surface area contributed by atoms with Gasteiger partial charge in [0.1, 0.15) is 0 Å². The molecule has 1 N–H and O–H groups in total. The summed E-state index contributed by atoms with van der Waals surface area (Å²) in [4.78, 5) is 12.3. The van der Waals surface area contributed by atoms with Gasteiger partial charge in [-0.2, -0.15) is 0 Å². The van der Waals surface area contributed by atoms with E-state index in [1.807, 2.05) is 0 Å². The molecule has 3 aromatic carbocycles. The van der Waals surface area contributed by atoms with Crippen molar-refractivity contribution < 1.29 is 17.1 Å². The van der Waals surface area contributed by atoms with Crippen molar-refractivity contribution in [2.45, 2.75) is 76.8 Å². The first-order valence-electron chi connectivity index (χ1n) is 15.3. The maximum Gasteiger partial charge on any atom is 0.469 e. The molecule has 0 atom stereocenters. The van der Waals surface area contributed by atoms with Crippen molar-refractivity contribution >= 4 is 39.7 Å². The number of hydrogen-bond donors (Lipinski definition) is 1. The smallest absolute Gasteiger partial charge is 0.416 e. The fourth-order valence-electron chi connectivity index (χ4n) is 5.51. The molecule has 0 aromatic heterocycles. The minimum atomic E-state index is -3.25. The van der Waals surface area contributed by atoms with Crippen LogP contribution in [-0.4, -0.2) is 46.2 Å². The summed E-state index contributed by atoms with van der Waals surface area (Å²) >= 11 is 0. The standard InChI is InChI=1S/C34H51NO4Si4/c1-30(2)34(36)35-25-18-26-43(37-40(3,4)27-31-19-12-9-13-20-31,38-41(5,6)28-32-21-14-10-15-22-32)39-42(7,8)29-33-23-16-11-17-24-33/h9-17,19-24H,1,18,25-29H2,2-8H3,(H,35,36). The number of amides is 1. The first kappa shape index (κ1) is 35.1. The number of carbonyl (C=O) groups is 1. The van der Waals surface area contributed by atoms with Gasteiger partial charge in [-0.3, -0.25) is 4.79 Å². The first-order valence-corrected chi connectivity index (χ1v) is 26.6. The van der Waals surface area contributed by atoms with Crippen LogP contribution in [-0.2, 0) is 35.3 Å². The molecule has 232 valence electrons. The van der Waals surface area contributed by atoms with Gasteiger partial charge in [0.05, 0.1) is 0 Å². The Balaban J connectivity index is 1.98. The lowest BCUT2D eigenvalue weighted by atomic mass is 10.2. The lowest BCUT2D eigenvalue weighted by Gasteiger charge is -2.45. The molecule has 9 heteroatoms. The highest BCUT2D eigenvalue weighted by molar-refractivity contribution is 6.90. The Hall–Kier alpha value is -2.38. The minimum Gasteiger partial charge on any atom is -0.416 e. The molecule has 3 rings (SSSR count). The highest BCUT2D eigenvalue weighted by Gasteiger charge is 2.52. The van der Waals surface area contributed by atoms with Crippen LogP contribution >= 0.6 is 0 Å². The van der Waals surface area contributed by atoms with Crippen molar-refractivity contribution in [3.63, 3.8) is 0 Å². The van der Waals surface area contributed by atoms with Crippen LogP contribution < -0.4 is 5.32 Å². The summed E-state index contributed by atoms with van der Waals surface area (Å²) in [7, 11) is -10.2. The predicted octanol–water partition coefficient (Wildman–Crippen LogP) is 8.02. The van der Waals surface area contributed by atoms with Gasteiger partial charge in [0.25, 0.3) is 0 Å². The van der Waals surface area contributed by atoms with Crippen molar-refractivity contribution in [1.82, 2.24) is 5.32 Å². The highest BCUT2D eigenvalue weighted by atomic mass is 28.5. The molecule has 0 heterocycles. The maximum atomic E-state index is 12.3. The first-order chi connectivity index (χ1) is 20.2. The van der Waals surface area contributed by atoms with Gasteiger partial charge < -0.3 is 17.7 Å². The van der Waals surface area contributed by atoms with Crippen molar-refractivity contribution in [2.75, 3.05) is 6.54 Å². The van der Waals surface area contributed by atoms with Gasteiger partial charge in [-0.1, -0.05) is 97.6 Å². The molecule has 0 saturated carbocycles. The predicted molar refractivity (Wildman–Crippen MR) is 189 cm³/mol. The van der Waals surface area contributed by atoms with Crippen molar-refractivity contribution in [3.05, 3.63) is 120 Å². The minimum absolute atomic E-state index is 0.119. The number of carbonyl (C=O) groups excluding carboxylic acids is 1. The largest absolute Gasteiger partial charge is 0.469 e. The molecule has 0 radical (unpaired) electrons. The summed E-state index contributed by atoms with van der Waals surface area (Å²) < 4.78 is 22.2. The van der Waals surface area contributed by atoms with Crippen LogP contribution in [0.15, 0.2) is 103 Å². The summed E-state index contributed by atoms with van der Waals surface area (Å²) in [5.41, 5.74) is 4.34. The summed E-state index contributed by atoms with van der Waals surface area (Å²) in [5.74, 6) is -0.119. The molecule has 0 fully saturated rings. The van der Waals surface area contributed by atoms with E-state index in [9.17, 15) is 4.79 Å².